The summed E-state index contributed by atoms with van der Waals surface area (Å²) in [5.41, 5.74) is -0.119. The third kappa shape index (κ3) is 2.97. The van der Waals surface area contributed by atoms with Gasteiger partial charge in [-0.3, -0.25) is 4.79 Å². The molecule has 16 heavy (non-hydrogen) atoms. The molecule has 1 aliphatic heterocycles. The summed E-state index contributed by atoms with van der Waals surface area (Å²) in [6.07, 6.45) is 3.04. The Balaban J connectivity index is 2.54. The van der Waals surface area contributed by atoms with Crippen molar-refractivity contribution in [3.63, 3.8) is 0 Å². The maximum Gasteiger partial charge on any atom is 0.229 e. The van der Waals surface area contributed by atoms with Crippen LogP contribution in [0.5, 0.6) is 0 Å². The van der Waals surface area contributed by atoms with E-state index in [0.29, 0.717) is 11.8 Å². The van der Waals surface area contributed by atoms with Gasteiger partial charge in [0.15, 0.2) is 0 Å². The van der Waals surface area contributed by atoms with E-state index in [1.54, 1.807) is 0 Å². The molecule has 1 heterocycles. The fourth-order valence-electron chi connectivity index (χ4n) is 2.34. The van der Waals surface area contributed by atoms with Gasteiger partial charge in [-0.05, 0) is 31.7 Å². The van der Waals surface area contributed by atoms with Crippen LogP contribution in [0, 0.1) is 11.3 Å². The van der Waals surface area contributed by atoms with Crippen LogP contribution < -0.4 is 5.32 Å². The highest BCUT2D eigenvalue weighted by molar-refractivity contribution is 5.83. The molecule has 3 nitrogen and oxygen atoms in total. The first-order valence-corrected chi connectivity index (χ1v) is 6.48. The molecule has 0 aromatic heterocycles. The Kier molecular flexibility index (Phi) is 4.78. The topological polar surface area (TPSA) is 32.3 Å². The zero-order valence-corrected chi connectivity index (χ0v) is 11.2. The summed E-state index contributed by atoms with van der Waals surface area (Å²) in [6.45, 7) is 9.25. The zero-order valence-electron chi connectivity index (χ0n) is 11.2. The van der Waals surface area contributed by atoms with Crippen LogP contribution in [0.15, 0.2) is 0 Å². The van der Waals surface area contributed by atoms with E-state index >= 15 is 0 Å². The van der Waals surface area contributed by atoms with Crippen molar-refractivity contribution in [2.45, 2.75) is 40.0 Å². The molecule has 94 valence electrons. The monoisotopic (exact) mass is 226 g/mol. The van der Waals surface area contributed by atoms with E-state index in [9.17, 15) is 4.79 Å². The summed E-state index contributed by atoms with van der Waals surface area (Å²) in [6, 6.07) is 0. The van der Waals surface area contributed by atoms with E-state index in [2.05, 4.69) is 26.1 Å². The SMILES string of the molecule is CCC1(C(=O)N(C)CCC(C)C)CCNC1. The normalized spacial score (nSPS) is 25.1. The summed E-state index contributed by atoms with van der Waals surface area (Å²) in [5.74, 6) is 0.996. The average molecular weight is 226 g/mol. The van der Waals surface area contributed by atoms with Gasteiger partial charge in [0.05, 0.1) is 5.41 Å². The molecular formula is C13H26N2O. The zero-order chi connectivity index (χ0) is 12.2. The minimum atomic E-state index is -0.119. The second-order valence-electron chi connectivity index (χ2n) is 5.47. The number of hydrogen-bond donors (Lipinski definition) is 1. The molecule has 3 heteroatoms. The van der Waals surface area contributed by atoms with Gasteiger partial charge in [0.25, 0.3) is 0 Å². The molecule has 0 bridgehead atoms. The van der Waals surface area contributed by atoms with Crippen LogP contribution in [-0.2, 0) is 4.79 Å². The first kappa shape index (κ1) is 13.5. The molecule has 1 unspecified atom stereocenters. The lowest BCUT2D eigenvalue weighted by atomic mass is 9.83. The molecule has 1 amide bonds. The third-order valence-electron chi connectivity index (χ3n) is 3.76. The van der Waals surface area contributed by atoms with Gasteiger partial charge in [-0.25, -0.2) is 0 Å². The fraction of sp³-hybridized carbons (Fsp3) is 0.923. The molecule has 0 saturated carbocycles. The number of carbonyl (C=O) groups is 1. The van der Waals surface area contributed by atoms with E-state index in [1.807, 2.05) is 11.9 Å². The van der Waals surface area contributed by atoms with Crippen molar-refractivity contribution in [3.8, 4) is 0 Å². The van der Waals surface area contributed by atoms with Crippen LogP contribution >= 0.6 is 0 Å². The van der Waals surface area contributed by atoms with Gasteiger partial charge in [-0.1, -0.05) is 20.8 Å². The maximum atomic E-state index is 12.4. The van der Waals surface area contributed by atoms with Crippen molar-refractivity contribution in [2.75, 3.05) is 26.7 Å². The molecule has 1 N–H and O–H groups in total. The number of amides is 1. The van der Waals surface area contributed by atoms with Gasteiger partial charge in [0, 0.05) is 20.1 Å². The van der Waals surface area contributed by atoms with E-state index in [4.69, 9.17) is 0 Å². The van der Waals surface area contributed by atoms with E-state index in [0.717, 1.165) is 38.9 Å². The van der Waals surface area contributed by atoms with Crippen LogP contribution in [0.2, 0.25) is 0 Å². The Morgan fingerprint density at radius 1 is 1.50 bits per heavy atom. The largest absolute Gasteiger partial charge is 0.345 e. The van der Waals surface area contributed by atoms with Crippen LogP contribution in [0.3, 0.4) is 0 Å². The highest BCUT2D eigenvalue weighted by Crippen LogP contribution is 2.31. The van der Waals surface area contributed by atoms with E-state index in [-0.39, 0.29) is 5.41 Å². The van der Waals surface area contributed by atoms with Crippen molar-refractivity contribution in [1.29, 1.82) is 0 Å². The lowest BCUT2D eigenvalue weighted by Gasteiger charge is -2.31. The number of rotatable bonds is 5. The molecule has 1 rings (SSSR count). The van der Waals surface area contributed by atoms with E-state index < -0.39 is 0 Å². The molecule has 0 radical (unpaired) electrons. The molecule has 0 aromatic rings. The Labute approximate surface area is 99.6 Å². The van der Waals surface area contributed by atoms with E-state index in [1.165, 1.54) is 0 Å². The quantitative estimate of drug-likeness (QED) is 0.776. The average Bonchev–Trinajstić information content (AvgIpc) is 2.74. The fourth-order valence-corrected chi connectivity index (χ4v) is 2.34. The summed E-state index contributed by atoms with van der Waals surface area (Å²) < 4.78 is 0. The highest BCUT2D eigenvalue weighted by Gasteiger charge is 2.40. The maximum absolute atomic E-state index is 12.4. The van der Waals surface area contributed by atoms with Crippen molar-refractivity contribution in [2.24, 2.45) is 11.3 Å². The number of nitrogens with one attached hydrogen (secondary N) is 1. The summed E-state index contributed by atoms with van der Waals surface area (Å²) in [5, 5.41) is 3.32. The molecule has 1 aliphatic rings. The van der Waals surface area contributed by atoms with Crippen LogP contribution in [0.4, 0.5) is 0 Å². The van der Waals surface area contributed by atoms with Gasteiger partial charge < -0.3 is 10.2 Å². The molecule has 1 saturated heterocycles. The third-order valence-corrected chi connectivity index (χ3v) is 3.76. The van der Waals surface area contributed by atoms with Crippen LogP contribution in [0.1, 0.15) is 40.0 Å². The van der Waals surface area contributed by atoms with Crippen LogP contribution in [-0.4, -0.2) is 37.5 Å². The van der Waals surface area contributed by atoms with Gasteiger partial charge >= 0.3 is 0 Å². The Morgan fingerprint density at radius 3 is 2.62 bits per heavy atom. The summed E-state index contributed by atoms with van der Waals surface area (Å²) in [7, 11) is 1.94. The lowest BCUT2D eigenvalue weighted by molar-refractivity contribution is -0.140. The second-order valence-corrected chi connectivity index (χ2v) is 5.47. The highest BCUT2D eigenvalue weighted by atomic mass is 16.2. The molecule has 0 aromatic carbocycles. The van der Waals surface area contributed by atoms with Gasteiger partial charge in [0.2, 0.25) is 5.91 Å². The van der Waals surface area contributed by atoms with Gasteiger partial charge in [-0.2, -0.15) is 0 Å². The van der Waals surface area contributed by atoms with Crippen molar-refractivity contribution in [3.05, 3.63) is 0 Å². The predicted octanol–water partition coefficient (Wildman–Crippen LogP) is 1.88. The predicted molar refractivity (Wildman–Crippen MR) is 67.3 cm³/mol. The number of hydrogen-bond acceptors (Lipinski definition) is 2. The molecule has 0 spiro atoms. The molecular weight excluding hydrogens is 200 g/mol. The summed E-state index contributed by atoms with van der Waals surface area (Å²) in [4.78, 5) is 14.3. The minimum Gasteiger partial charge on any atom is -0.345 e. The Morgan fingerprint density at radius 2 is 2.19 bits per heavy atom. The Hall–Kier alpha value is -0.570. The molecule has 1 fully saturated rings. The van der Waals surface area contributed by atoms with Crippen molar-refractivity contribution in [1.82, 2.24) is 10.2 Å². The van der Waals surface area contributed by atoms with Crippen molar-refractivity contribution < 1.29 is 4.79 Å². The molecule has 1 atom stereocenters. The number of nitrogens with zero attached hydrogens (tertiary/aromatic N) is 1. The standard InChI is InChI=1S/C13H26N2O/c1-5-13(7-8-14-10-13)12(16)15(4)9-6-11(2)3/h11,14H,5-10H2,1-4H3. The van der Waals surface area contributed by atoms with Crippen molar-refractivity contribution >= 4 is 5.91 Å². The summed E-state index contributed by atoms with van der Waals surface area (Å²) >= 11 is 0. The smallest absolute Gasteiger partial charge is 0.229 e. The first-order chi connectivity index (χ1) is 7.52. The number of carbonyl (C=O) groups excluding carboxylic acids is 1. The van der Waals surface area contributed by atoms with Crippen LogP contribution in [0.25, 0.3) is 0 Å². The lowest BCUT2D eigenvalue weighted by Crippen LogP contribution is -2.43. The first-order valence-electron chi connectivity index (χ1n) is 6.48. The van der Waals surface area contributed by atoms with Gasteiger partial charge in [0.1, 0.15) is 0 Å². The Bertz CT molecular complexity index is 232. The minimum absolute atomic E-state index is 0.119. The second kappa shape index (κ2) is 5.67. The van der Waals surface area contributed by atoms with Gasteiger partial charge in [-0.15, -0.1) is 0 Å². The molecule has 0 aliphatic carbocycles.